The van der Waals surface area contributed by atoms with Crippen molar-refractivity contribution in [1.82, 2.24) is 15.5 Å². The van der Waals surface area contributed by atoms with Gasteiger partial charge in [-0.25, -0.2) is 0 Å². The zero-order valence-electron chi connectivity index (χ0n) is 15.5. The van der Waals surface area contributed by atoms with E-state index in [1.54, 1.807) is 0 Å². The minimum absolute atomic E-state index is 0.0313. The van der Waals surface area contributed by atoms with Crippen molar-refractivity contribution in [3.8, 4) is 0 Å². The molecule has 1 atom stereocenters. The number of carbonyl (C=O) groups is 1. The van der Waals surface area contributed by atoms with Crippen molar-refractivity contribution >= 4 is 5.91 Å². The number of amides is 1. The predicted molar refractivity (Wildman–Crippen MR) is 96.0 cm³/mol. The summed E-state index contributed by atoms with van der Waals surface area (Å²) >= 11 is 0. The van der Waals surface area contributed by atoms with Gasteiger partial charge in [-0.2, -0.15) is 5.10 Å². The number of nitrogens with one attached hydrogen (secondary N) is 2. The summed E-state index contributed by atoms with van der Waals surface area (Å²) in [5, 5.41) is 21.0. The highest BCUT2D eigenvalue weighted by atomic mass is 16.3. The van der Waals surface area contributed by atoms with E-state index < -0.39 is 0 Å². The second kappa shape index (κ2) is 6.42. The van der Waals surface area contributed by atoms with Gasteiger partial charge in [-0.1, -0.05) is 0 Å². The van der Waals surface area contributed by atoms with Crippen LogP contribution in [0.5, 0.6) is 0 Å². The Bertz CT molecular complexity index is 597. The van der Waals surface area contributed by atoms with Crippen LogP contribution in [0.4, 0.5) is 0 Å². The lowest BCUT2D eigenvalue weighted by Crippen LogP contribution is -2.54. The Balaban J connectivity index is 1.29. The smallest absolute Gasteiger partial charge is 0.220 e. The fourth-order valence-corrected chi connectivity index (χ4v) is 6.28. The molecule has 5 nitrogen and oxygen atoms in total. The Morgan fingerprint density at radius 2 is 1.84 bits per heavy atom. The number of nitrogens with zero attached hydrogens (tertiary/aromatic N) is 1. The van der Waals surface area contributed by atoms with Crippen LogP contribution in [0.2, 0.25) is 0 Å². The van der Waals surface area contributed by atoms with Gasteiger partial charge >= 0.3 is 0 Å². The molecule has 5 rings (SSSR count). The molecule has 3 N–H and O–H groups in total. The lowest BCUT2D eigenvalue weighted by molar-refractivity contribution is -0.129. The number of aromatic nitrogens is 2. The average Bonchev–Trinajstić information content (AvgIpc) is 2.87. The number of rotatable bonds is 6. The number of H-pyrrole nitrogens is 1. The molecule has 138 valence electrons. The minimum Gasteiger partial charge on any atom is -0.391 e. The standard InChI is InChI=1S/C20H31N3O2/c1-12-17(13(2)23-22-12)3-4-19(25)21-11-18(24)20-8-14-5-15(9-20)7-16(6-14)10-20/h14-16,18,24H,3-11H2,1-2H3,(H,21,25)(H,22,23). The van der Waals surface area contributed by atoms with Crippen molar-refractivity contribution in [2.24, 2.45) is 23.2 Å². The van der Waals surface area contributed by atoms with Crippen molar-refractivity contribution in [2.75, 3.05) is 6.54 Å². The fraction of sp³-hybridized carbons (Fsp3) is 0.800. The first-order chi connectivity index (χ1) is 11.9. The van der Waals surface area contributed by atoms with Gasteiger partial charge in [-0.15, -0.1) is 0 Å². The molecule has 4 aliphatic carbocycles. The molecule has 0 spiro atoms. The summed E-state index contributed by atoms with van der Waals surface area (Å²) in [6.45, 7) is 4.37. The number of hydrogen-bond acceptors (Lipinski definition) is 3. The largest absolute Gasteiger partial charge is 0.391 e. The molecule has 0 radical (unpaired) electrons. The fourth-order valence-electron chi connectivity index (χ4n) is 6.28. The Morgan fingerprint density at radius 1 is 1.24 bits per heavy atom. The van der Waals surface area contributed by atoms with E-state index in [0.717, 1.165) is 34.7 Å². The van der Waals surface area contributed by atoms with Gasteiger partial charge in [0.25, 0.3) is 0 Å². The van der Waals surface area contributed by atoms with Gasteiger partial charge in [0.15, 0.2) is 0 Å². The molecule has 4 aliphatic rings. The SMILES string of the molecule is Cc1n[nH]c(C)c1CCC(=O)NCC(O)C12CC3CC(CC(C3)C1)C2. The Labute approximate surface area is 150 Å². The number of hydrogen-bond donors (Lipinski definition) is 3. The van der Waals surface area contributed by atoms with Gasteiger partial charge < -0.3 is 10.4 Å². The zero-order chi connectivity index (χ0) is 17.6. The van der Waals surface area contributed by atoms with Gasteiger partial charge in [0.05, 0.1) is 11.8 Å². The van der Waals surface area contributed by atoms with E-state index in [2.05, 4.69) is 15.5 Å². The highest BCUT2D eigenvalue weighted by Gasteiger charge is 2.53. The summed E-state index contributed by atoms with van der Waals surface area (Å²) in [5.41, 5.74) is 3.23. The van der Waals surface area contributed by atoms with E-state index in [1.807, 2.05) is 13.8 Å². The van der Waals surface area contributed by atoms with Crippen LogP contribution in [0.1, 0.15) is 61.9 Å². The van der Waals surface area contributed by atoms with Crippen LogP contribution >= 0.6 is 0 Å². The normalized spacial score (nSPS) is 34.3. The Morgan fingerprint density at radius 3 is 2.36 bits per heavy atom. The monoisotopic (exact) mass is 345 g/mol. The second-order valence-electron chi connectivity index (χ2n) is 9.01. The summed E-state index contributed by atoms with van der Waals surface area (Å²) in [6.07, 6.45) is 8.41. The van der Waals surface area contributed by atoms with Crippen LogP contribution in [0.15, 0.2) is 0 Å². The van der Waals surface area contributed by atoms with E-state index in [4.69, 9.17) is 0 Å². The lowest BCUT2D eigenvalue weighted by Gasteiger charge is -2.58. The number of aliphatic hydroxyl groups is 1. The van der Waals surface area contributed by atoms with Crippen molar-refractivity contribution in [1.29, 1.82) is 0 Å². The topological polar surface area (TPSA) is 78.0 Å². The molecule has 4 bridgehead atoms. The van der Waals surface area contributed by atoms with Crippen LogP contribution in [0, 0.1) is 37.0 Å². The number of carbonyl (C=O) groups excluding carboxylic acids is 1. The van der Waals surface area contributed by atoms with Crippen molar-refractivity contribution < 1.29 is 9.90 Å². The third-order valence-corrected chi connectivity index (χ3v) is 7.17. The first-order valence-corrected chi connectivity index (χ1v) is 9.90. The summed E-state index contributed by atoms with van der Waals surface area (Å²) in [4.78, 5) is 12.2. The molecule has 0 saturated heterocycles. The highest BCUT2D eigenvalue weighted by Crippen LogP contribution is 2.61. The zero-order valence-corrected chi connectivity index (χ0v) is 15.5. The third kappa shape index (κ3) is 3.23. The minimum atomic E-state index is -0.387. The van der Waals surface area contributed by atoms with Gasteiger partial charge in [-0.3, -0.25) is 9.89 Å². The highest BCUT2D eigenvalue weighted by molar-refractivity contribution is 5.76. The molecule has 0 aromatic carbocycles. The maximum absolute atomic E-state index is 12.2. The van der Waals surface area contributed by atoms with Crippen LogP contribution in [-0.4, -0.2) is 33.9 Å². The molecule has 1 aromatic heterocycles. The van der Waals surface area contributed by atoms with E-state index in [9.17, 15) is 9.90 Å². The van der Waals surface area contributed by atoms with E-state index >= 15 is 0 Å². The van der Waals surface area contributed by atoms with E-state index in [-0.39, 0.29) is 17.4 Å². The molecular weight excluding hydrogens is 314 g/mol. The number of aromatic amines is 1. The lowest BCUT2D eigenvalue weighted by atomic mass is 9.48. The molecule has 1 amide bonds. The predicted octanol–water partition coefficient (Wildman–Crippen LogP) is 2.65. The second-order valence-corrected chi connectivity index (χ2v) is 9.01. The third-order valence-electron chi connectivity index (χ3n) is 7.17. The number of aryl methyl sites for hydroxylation is 2. The molecule has 4 fully saturated rings. The van der Waals surface area contributed by atoms with Crippen LogP contribution < -0.4 is 5.32 Å². The van der Waals surface area contributed by atoms with Gasteiger partial charge in [-0.05, 0) is 87.5 Å². The maximum Gasteiger partial charge on any atom is 0.220 e. The van der Waals surface area contributed by atoms with Crippen LogP contribution in [0.25, 0.3) is 0 Å². The summed E-state index contributed by atoms with van der Waals surface area (Å²) in [6, 6.07) is 0. The van der Waals surface area contributed by atoms with Crippen molar-refractivity contribution in [2.45, 2.75) is 71.3 Å². The Hall–Kier alpha value is -1.36. The van der Waals surface area contributed by atoms with Crippen LogP contribution in [0.3, 0.4) is 0 Å². The molecule has 1 heterocycles. The Kier molecular flexibility index (Phi) is 4.38. The molecule has 1 aromatic rings. The average molecular weight is 345 g/mol. The van der Waals surface area contributed by atoms with Gasteiger partial charge in [0.1, 0.15) is 0 Å². The molecule has 1 unspecified atom stereocenters. The molecule has 25 heavy (non-hydrogen) atoms. The van der Waals surface area contributed by atoms with Crippen LogP contribution in [-0.2, 0) is 11.2 Å². The molecule has 0 aliphatic heterocycles. The first kappa shape index (κ1) is 17.1. The molecule has 5 heteroatoms. The number of aliphatic hydroxyl groups excluding tert-OH is 1. The van der Waals surface area contributed by atoms with Gasteiger partial charge in [0, 0.05) is 18.7 Å². The quantitative estimate of drug-likeness (QED) is 0.742. The van der Waals surface area contributed by atoms with E-state index in [1.165, 1.54) is 38.5 Å². The summed E-state index contributed by atoms with van der Waals surface area (Å²) < 4.78 is 0. The maximum atomic E-state index is 12.2. The first-order valence-electron chi connectivity index (χ1n) is 9.90. The summed E-state index contributed by atoms with van der Waals surface area (Å²) in [5.74, 6) is 2.50. The van der Waals surface area contributed by atoms with Gasteiger partial charge in [0.2, 0.25) is 5.91 Å². The van der Waals surface area contributed by atoms with Crippen molar-refractivity contribution in [3.05, 3.63) is 17.0 Å². The summed E-state index contributed by atoms with van der Waals surface area (Å²) in [7, 11) is 0. The molecular formula is C20H31N3O2. The van der Waals surface area contributed by atoms with Crippen molar-refractivity contribution in [3.63, 3.8) is 0 Å². The van der Waals surface area contributed by atoms with E-state index in [0.29, 0.717) is 19.4 Å². The molecule has 4 saturated carbocycles.